The number of benzene rings is 1. The highest BCUT2D eigenvalue weighted by Gasteiger charge is 2.07. The van der Waals surface area contributed by atoms with Crippen LogP contribution in [0.25, 0.3) is 11.3 Å². The number of aromatic nitrogens is 1. The van der Waals surface area contributed by atoms with Crippen molar-refractivity contribution < 1.29 is 4.79 Å². The lowest BCUT2D eigenvalue weighted by atomic mass is 10.1. The Bertz CT molecular complexity index is 563. The van der Waals surface area contributed by atoms with Crippen LogP contribution in [0.4, 0.5) is 5.13 Å². The number of anilines is 1. The Morgan fingerprint density at radius 2 is 2.05 bits per heavy atom. The van der Waals surface area contributed by atoms with Gasteiger partial charge in [0.1, 0.15) is 0 Å². The van der Waals surface area contributed by atoms with E-state index in [1.165, 1.54) is 16.9 Å². The molecule has 0 fully saturated rings. The van der Waals surface area contributed by atoms with Gasteiger partial charge in [0.25, 0.3) is 0 Å². The van der Waals surface area contributed by atoms with Crippen LogP contribution < -0.4 is 10.6 Å². The summed E-state index contributed by atoms with van der Waals surface area (Å²) in [5.74, 6) is 0.0186. The molecule has 2 N–H and O–H groups in total. The van der Waals surface area contributed by atoms with E-state index in [9.17, 15) is 4.79 Å². The van der Waals surface area contributed by atoms with Gasteiger partial charge in [0.05, 0.1) is 5.69 Å². The lowest BCUT2D eigenvalue weighted by Crippen LogP contribution is -2.15. The molecule has 0 radical (unpaired) electrons. The highest BCUT2D eigenvalue weighted by Crippen LogP contribution is 2.25. The van der Waals surface area contributed by atoms with E-state index in [0.29, 0.717) is 11.6 Å². The van der Waals surface area contributed by atoms with Crippen molar-refractivity contribution in [2.24, 2.45) is 0 Å². The molecule has 0 saturated carbocycles. The topological polar surface area (TPSA) is 54.0 Å². The molecule has 1 heterocycles. The highest BCUT2D eigenvalue weighted by molar-refractivity contribution is 7.14. The van der Waals surface area contributed by atoms with E-state index in [0.717, 1.165) is 24.2 Å². The zero-order chi connectivity index (χ0) is 14.4. The molecule has 0 aliphatic carbocycles. The van der Waals surface area contributed by atoms with Gasteiger partial charge in [-0.05, 0) is 26.9 Å². The minimum Gasteiger partial charge on any atom is -0.320 e. The SMILES string of the molecule is CNCCCC(=O)Nc1nc(-c2ccc(C)cc2)cs1. The van der Waals surface area contributed by atoms with Gasteiger partial charge in [0.2, 0.25) is 5.91 Å². The van der Waals surface area contributed by atoms with Gasteiger partial charge in [-0.15, -0.1) is 11.3 Å². The lowest BCUT2D eigenvalue weighted by molar-refractivity contribution is -0.116. The van der Waals surface area contributed by atoms with Gasteiger partial charge in [-0.25, -0.2) is 4.98 Å². The van der Waals surface area contributed by atoms with Crippen molar-refractivity contribution >= 4 is 22.4 Å². The molecule has 0 aliphatic rings. The third-order valence-electron chi connectivity index (χ3n) is 2.93. The maximum atomic E-state index is 11.7. The normalized spacial score (nSPS) is 10.5. The lowest BCUT2D eigenvalue weighted by Gasteiger charge is -2.01. The largest absolute Gasteiger partial charge is 0.320 e. The first-order valence-electron chi connectivity index (χ1n) is 6.66. The van der Waals surface area contributed by atoms with Crippen LogP contribution >= 0.6 is 11.3 Å². The molecule has 0 spiro atoms. The number of hydrogen-bond acceptors (Lipinski definition) is 4. The Balaban J connectivity index is 1.95. The summed E-state index contributed by atoms with van der Waals surface area (Å²) < 4.78 is 0. The van der Waals surface area contributed by atoms with Gasteiger partial charge in [-0.2, -0.15) is 0 Å². The fraction of sp³-hybridized carbons (Fsp3) is 0.333. The Kier molecular flexibility index (Phi) is 5.26. The van der Waals surface area contributed by atoms with Crippen molar-refractivity contribution in [3.05, 3.63) is 35.2 Å². The molecule has 0 saturated heterocycles. The average molecular weight is 289 g/mol. The van der Waals surface area contributed by atoms with Crippen LogP contribution in [0.2, 0.25) is 0 Å². The summed E-state index contributed by atoms with van der Waals surface area (Å²) in [6.45, 7) is 2.90. The second-order valence-electron chi connectivity index (χ2n) is 4.66. The van der Waals surface area contributed by atoms with E-state index in [1.807, 2.05) is 24.6 Å². The molecule has 2 aromatic rings. The molecular weight excluding hydrogens is 270 g/mol. The molecule has 4 nitrogen and oxygen atoms in total. The van der Waals surface area contributed by atoms with E-state index in [2.05, 4.69) is 34.7 Å². The summed E-state index contributed by atoms with van der Waals surface area (Å²) in [6.07, 6.45) is 1.35. The van der Waals surface area contributed by atoms with Crippen LogP contribution in [0.5, 0.6) is 0 Å². The van der Waals surface area contributed by atoms with Gasteiger partial charge in [-0.1, -0.05) is 29.8 Å². The predicted molar refractivity (Wildman–Crippen MR) is 84.1 cm³/mol. The van der Waals surface area contributed by atoms with Crippen LogP contribution in [0, 0.1) is 6.92 Å². The summed E-state index contributed by atoms with van der Waals surface area (Å²) in [5.41, 5.74) is 3.20. The smallest absolute Gasteiger partial charge is 0.226 e. The first kappa shape index (κ1) is 14.7. The van der Waals surface area contributed by atoms with Gasteiger partial charge in [-0.3, -0.25) is 4.79 Å². The number of carbonyl (C=O) groups is 1. The van der Waals surface area contributed by atoms with Crippen molar-refractivity contribution in [3.63, 3.8) is 0 Å². The third-order valence-corrected chi connectivity index (χ3v) is 3.69. The number of aryl methyl sites for hydroxylation is 1. The Morgan fingerprint density at radius 1 is 1.30 bits per heavy atom. The van der Waals surface area contributed by atoms with Gasteiger partial charge in [0, 0.05) is 17.4 Å². The molecule has 0 atom stereocenters. The summed E-state index contributed by atoms with van der Waals surface area (Å²) in [4.78, 5) is 16.2. The molecule has 106 valence electrons. The first-order valence-corrected chi connectivity index (χ1v) is 7.54. The fourth-order valence-corrected chi connectivity index (χ4v) is 2.53. The average Bonchev–Trinajstić information content (AvgIpc) is 2.88. The molecule has 20 heavy (non-hydrogen) atoms. The number of nitrogens with zero attached hydrogens (tertiary/aromatic N) is 1. The minimum absolute atomic E-state index is 0.0186. The highest BCUT2D eigenvalue weighted by atomic mass is 32.1. The van der Waals surface area contributed by atoms with Gasteiger partial charge < -0.3 is 10.6 Å². The Hall–Kier alpha value is -1.72. The van der Waals surface area contributed by atoms with Crippen LogP contribution in [0.3, 0.4) is 0 Å². The van der Waals surface area contributed by atoms with Crippen molar-refractivity contribution in [1.82, 2.24) is 10.3 Å². The van der Waals surface area contributed by atoms with E-state index < -0.39 is 0 Å². The van der Waals surface area contributed by atoms with Gasteiger partial charge in [0.15, 0.2) is 5.13 Å². The molecule has 5 heteroatoms. The quantitative estimate of drug-likeness (QED) is 0.804. The van der Waals surface area contributed by atoms with E-state index >= 15 is 0 Å². The molecule has 1 aromatic heterocycles. The molecule has 2 rings (SSSR count). The standard InChI is InChI=1S/C15H19N3OS/c1-11-5-7-12(8-6-11)13-10-20-15(17-13)18-14(19)4-3-9-16-2/h5-8,10,16H,3-4,9H2,1-2H3,(H,17,18,19). The van der Waals surface area contributed by atoms with E-state index in [-0.39, 0.29) is 5.91 Å². The van der Waals surface area contributed by atoms with Crippen molar-refractivity contribution in [3.8, 4) is 11.3 Å². The number of hydrogen-bond donors (Lipinski definition) is 2. The van der Waals surface area contributed by atoms with Crippen LogP contribution in [0.1, 0.15) is 18.4 Å². The van der Waals surface area contributed by atoms with Crippen LogP contribution in [0.15, 0.2) is 29.6 Å². The number of amides is 1. The maximum absolute atomic E-state index is 11.7. The number of carbonyl (C=O) groups excluding carboxylic acids is 1. The summed E-state index contributed by atoms with van der Waals surface area (Å²) in [6, 6.07) is 8.21. The van der Waals surface area contributed by atoms with Crippen LogP contribution in [-0.4, -0.2) is 24.5 Å². The summed E-state index contributed by atoms with van der Waals surface area (Å²) >= 11 is 1.46. The van der Waals surface area contributed by atoms with E-state index in [4.69, 9.17) is 0 Å². The second kappa shape index (κ2) is 7.17. The molecule has 0 unspecified atom stereocenters. The molecule has 1 aromatic carbocycles. The minimum atomic E-state index is 0.0186. The summed E-state index contributed by atoms with van der Waals surface area (Å²) in [7, 11) is 1.88. The zero-order valence-corrected chi connectivity index (χ0v) is 12.6. The molecule has 0 aliphatic heterocycles. The number of thiazole rings is 1. The van der Waals surface area contributed by atoms with Crippen molar-refractivity contribution in [1.29, 1.82) is 0 Å². The van der Waals surface area contributed by atoms with Crippen molar-refractivity contribution in [2.45, 2.75) is 19.8 Å². The van der Waals surface area contributed by atoms with Crippen LogP contribution in [-0.2, 0) is 4.79 Å². The van der Waals surface area contributed by atoms with Crippen molar-refractivity contribution in [2.75, 3.05) is 18.9 Å². The Morgan fingerprint density at radius 3 is 2.75 bits per heavy atom. The van der Waals surface area contributed by atoms with Gasteiger partial charge >= 0.3 is 0 Å². The third kappa shape index (κ3) is 4.15. The second-order valence-corrected chi connectivity index (χ2v) is 5.52. The predicted octanol–water partition coefficient (Wildman–Crippen LogP) is 3.06. The maximum Gasteiger partial charge on any atom is 0.226 e. The number of nitrogens with one attached hydrogen (secondary N) is 2. The number of rotatable bonds is 6. The molecular formula is C15H19N3OS. The Labute approximate surface area is 123 Å². The molecule has 1 amide bonds. The van der Waals surface area contributed by atoms with E-state index in [1.54, 1.807) is 0 Å². The molecule has 0 bridgehead atoms. The summed E-state index contributed by atoms with van der Waals surface area (Å²) in [5, 5.41) is 8.50. The fourth-order valence-electron chi connectivity index (χ4n) is 1.80. The monoisotopic (exact) mass is 289 g/mol. The first-order chi connectivity index (χ1) is 9.69. The zero-order valence-electron chi connectivity index (χ0n) is 11.8.